The molecule has 2 aromatic carbocycles. The van der Waals surface area contributed by atoms with Gasteiger partial charge in [0.05, 0.1) is 12.0 Å². The number of amides is 1. The van der Waals surface area contributed by atoms with Gasteiger partial charge < -0.3 is 25.1 Å². The van der Waals surface area contributed by atoms with E-state index in [4.69, 9.17) is 4.42 Å². The zero-order valence-electron chi connectivity index (χ0n) is 20.3. The molecular weight excluding hydrogens is 509 g/mol. The Kier molecular flexibility index (Phi) is 8.26. The fourth-order valence-corrected chi connectivity index (χ4v) is 4.39. The number of benzene rings is 2. The number of aromatic nitrogens is 1. The molecule has 0 unspecified atom stereocenters. The quantitative estimate of drug-likeness (QED) is 0.323. The lowest BCUT2D eigenvalue weighted by molar-refractivity contribution is 0.0996. The number of nitriles is 1. The van der Waals surface area contributed by atoms with Crippen molar-refractivity contribution in [1.82, 2.24) is 10.3 Å². The molecular formula is C28H25ClFN5O3. The van der Waals surface area contributed by atoms with Crippen LogP contribution in [0.3, 0.4) is 0 Å². The Morgan fingerprint density at radius 1 is 1.11 bits per heavy atom. The van der Waals surface area contributed by atoms with Crippen molar-refractivity contribution in [3.8, 4) is 34.2 Å². The van der Waals surface area contributed by atoms with E-state index in [2.05, 4.69) is 26.6 Å². The summed E-state index contributed by atoms with van der Waals surface area (Å²) in [6.45, 7) is 3.59. The van der Waals surface area contributed by atoms with Crippen LogP contribution in [0.25, 0.3) is 22.4 Å². The lowest BCUT2D eigenvalue weighted by atomic mass is 9.97. The standard InChI is InChI=1S/C28H24FN5O3.ClH/c29-19-7-8-21(25(35)15-19)24-16-22(18-4-1-5-20(14-18)34-11-3-9-31-10-12-34)23(17-30)27(32-24)33-28(36)26-6-2-13-37-26;/h1-2,4-8,13-16,31,35H,3,9-12H2,(H,32,33,36);1H. The van der Waals surface area contributed by atoms with Crippen LogP contribution >= 0.6 is 12.4 Å². The molecule has 1 aliphatic rings. The molecule has 38 heavy (non-hydrogen) atoms. The van der Waals surface area contributed by atoms with Gasteiger partial charge in [-0.2, -0.15) is 5.26 Å². The third kappa shape index (κ3) is 5.62. The number of aromatic hydroxyl groups is 1. The summed E-state index contributed by atoms with van der Waals surface area (Å²) >= 11 is 0. The molecule has 1 fully saturated rings. The molecule has 0 bridgehead atoms. The Labute approximate surface area is 225 Å². The second kappa shape index (κ2) is 11.8. The highest BCUT2D eigenvalue weighted by Gasteiger charge is 2.21. The van der Waals surface area contributed by atoms with E-state index in [1.54, 1.807) is 12.1 Å². The Hall–Kier alpha value is -4.39. The Balaban J connectivity index is 0.00000336. The van der Waals surface area contributed by atoms with Crippen LogP contribution in [0.15, 0.2) is 71.3 Å². The van der Waals surface area contributed by atoms with Gasteiger partial charge in [-0.1, -0.05) is 12.1 Å². The number of hydrogen-bond acceptors (Lipinski definition) is 7. The number of hydrogen-bond donors (Lipinski definition) is 3. The first kappa shape index (κ1) is 26.7. The molecule has 8 nitrogen and oxygen atoms in total. The minimum Gasteiger partial charge on any atom is -0.507 e. The fraction of sp³-hybridized carbons (Fsp3) is 0.179. The van der Waals surface area contributed by atoms with E-state index in [1.807, 2.05) is 24.3 Å². The summed E-state index contributed by atoms with van der Waals surface area (Å²) in [5.74, 6) is -1.42. The average molecular weight is 534 g/mol. The van der Waals surface area contributed by atoms with E-state index in [1.165, 1.54) is 24.5 Å². The molecule has 10 heteroatoms. The second-order valence-electron chi connectivity index (χ2n) is 8.62. The Morgan fingerprint density at radius 2 is 1.97 bits per heavy atom. The second-order valence-corrected chi connectivity index (χ2v) is 8.62. The minimum absolute atomic E-state index is 0. The first-order valence-corrected chi connectivity index (χ1v) is 11.9. The number of furan rings is 1. The lowest BCUT2D eigenvalue weighted by Gasteiger charge is -2.23. The minimum atomic E-state index is -0.596. The molecule has 1 saturated heterocycles. The first-order valence-electron chi connectivity index (χ1n) is 11.9. The molecule has 0 radical (unpaired) electrons. The van der Waals surface area contributed by atoms with E-state index >= 15 is 0 Å². The first-order chi connectivity index (χ1) is 18.0. The number of pyridine rings is 1. The Morgan fingerprint density at radius 3 is 2.74 bits per heavy atom. The van der Waals surface area contributed by atoms with E-state index in [0.717, 1.165) is 49.9 Å². The highest BCUT2D eigenvalue weighted by molar-refractivity contribution is 6.03. The van der Waals surface area contributed by atoms with Crippen LogP contribution in [-0.2, 0) is 0 Å². The molecule has 1 amide bonds. The largest absolute Gasteiger partial charge is 0.507 e. The molecule has 0 atom stereocenters. The number of phenols is 1. The normalized spacial score (nSPS) is 13.2. The highest BCUT2D eigenvalue weighted by atomic mass is 35.5. The van der Waals surface area contributed by atoms with Crippen molar-refractivity contribution in [2.24, 2.45) is 0 Å². The van der Waals surface area contributed by atoms with Gasteiger partial charge in [0.1, 0.15) is 23.2 Å². The fourth-order valence-electron chi connectivity index (χ4n) is 4.39. The summed E-state index contributed by atoms with van der Waals surface area (Å²) in [7, 11) is 0. The number of carbonyl (C=O) groups is 1. The van der Waals surface area contributed by atoms with Crippen molar-refractivity contribution in [2.75, 3.05) is 36.4 Å². The van der Waals surface area contributed by atoms with Gasteiger partial charge in [-0.15, -0.1) is 12.4 Å². The monoisotopic (exact) mass is 533 g/mol. The predicted molar refractivity (Wildman–Crippen MR) is 145 cm³/mol. The summed E-state index contributed by atoms with van der Waals surface area (Å²) < 4.78 is 18.9. The smallest absolute Gasteiger partial charge is 0.292 e. The molecule has 0 aliphatic carbocycles. The Bertz CT molecular complexity index is 1480. The number of nitrogens with zero attached hydrogens (tertiary/aromatic N) is 3. The van der Waals surface area contributed by atoms with Crippen LogP contribution in [0.5, 0.6) is 5.75 Å². The molecule has 3 heterocycles. The number of rotatable bonds is 5. The van der Waals surface area contributed by atoms with Crippen molar-refractivity contribution >= 4 is 29.8 Å². The zero-order valence-corrected chi connectivity index (χ0v) is 21.1. The van der Waals surface area contributed by atoms with Crippen molar-refractivity contribution in [2.45, 2.75) is 6.42 Å². The van der Waals surface area contributed by atoms with Crippen molar-refractivity contribution in [1.29, 1.82) is 5.26 Å². The van der Waals surface area contributed by atoms with E-state index in [-0.39, 0.29) is 46.6 Å². The summed E-state index contributed by atoms with van der Waals surface area (Å²) in [5.41, 5.74) is 2.95. The molecule has 0 spiro atoms. The van der Waals surface area contributed by atoms with Crippen molar-refractivity contribution < 1.29 is 18.7 Å². The summed E-state index contributed by atoms with van der Waals surface area (Å²) in [6, 6.07) is 18.3. The molecule has 5 rings (SSSR count). The van der Waals surface area contributed by atoms with Gasteiger partial charge >= 0.3 is 0 Å². The van der Waals surface area contributed by atoms with Crippen LogP contribution in [0.2, 0.25) is 0 Å². The van der Waals surface area contributed by atoms with E-state index < -0.39 is 11.7 Å². The molecule has 2 aromatic heterocycles. The SMILES string of the molecule is Cl.N#Cc1c(-c2cccc(N3CCCNCC3)c2)cc(-c2ccc(F)cc2O)nc1NC(=O)c1ccco1. The third-order valence-electron chi connectivity index (χ3n) is 6.21. The van der Waals surface area contributed by atoms with E-state index in [0.29, 0.717) is 5.56 Å². The molecule has 1 aliphatic heterocycles. The van der Waals surface area contributed by atoms with Gasteiger partial charge in [0.15, 0.2) is 11.6 Å². The molecule has 0 saturated carbocycles. The maximum absolute atomic E-state index is 13.7. The zero-order chi connectivity index (χ0) is 25.8. The highest BCUT2D eigenvalue weighted by Crippen LogP contribution is 2.37. The predicted octanol–water partition coefficient (Wildman–Crippen LogP) is 5.20. The van der Waals surface area contributed by atoms with Crippen LogP contribution in [0.4, 0.5) is 15.9 Å². The maximum Gasteiger partial charge on any atom is 0.292 e. The van der Waals surface area contributed by atoms with Gasteiger partial charge in [0, 0.05) is 42.5 Å². The molecule has 194 valence electrons. The third-order valence-corrected chi connectivity index (χ3v) is 6.21. The van der Waals surface area contributed by atoms with E-state index in [9.17, 15) is 19.6 Å². The summed E-state index contributed by atoms with van der Waals surface area (Å²) in [4.78, 5) is 19.5. The van der Waals surface area contributed by atoms with Crippen LogP contribution < -0.4 is 15.5 Å². The topological polar surface area (TPSA) is 114 Å². The molecule has 4 aromatic rings. The van der Waals surface area contributed by atoms with Gasteiger partial charge in [0.2, 0.25) is 0 Å². The van der Waals surface area contributed by atoms with Gasteiger partial charge in [-0.05, 0) is 61.0 Å². The number of anilines is 2. The number of halogens is 2. The average Bonchev–Trinajstić information content (AvgIpc) is 3.31. The van der Waals surface area contributed by atoms with Crippen molar-refractivity contribution in [3.63, 3.8) is 0 Å². The number of phenolic OH excluding ortho intramolecular Hbond substituents is 1. The van der Waals surface area contributed by atoms with Crippen LogP contribution in [0, 0.1) is 17.1 Å². The van der Waals surface area contributed by atoms with Gasteiger partial charge in [0.25, 0.3) is 5.91 Å². The van der Waals surface area contributed by atoms with Gasteiger partial charge in [-0.25, -0.2) is 9.37 Å². The van der Waals surface area contributed by atoms with Crippen molar-refractivity contribution in [3.05, 3.63) is 84.1 Å². The number of carbonyl (C=O) groups excluding carboxylic acids is 1. The lowest BCUT2D eigenvalue weighted by Crippen LogP contribution is -2.27. The van der Waals surface area contributed by atoms with Crippen LogP contribution in [-0.4, -0.2) is 42.2 Å². The summed E-state index contributed by atoms with van der Waals surface area (Å²) in [6.07, 6.45) is 2.38. The molecule has 3 N–H and O–H groups in total. The number of nitrogens with one attached hydrogen (secondary N) is 2. The van der Waals surface area contributed by atoms with Gasteiger partial charge in [-0.3, -0.25) is 4.79 Å². The van der Waals surface area contributed by atoms with Crippen LogP contribution in [0.1, 0.15) is 22.5 Å². The maximum atomic E-state index is 13.7. The summed E-state index contributed by atoms with van der Waals surface area (Å²) in [5, 5.41) is 26.6.